The second-order valence-corrected chi connectivity index (χ2v) is 8.70. The minimum absolute atomic E-state index is 0.145. The number of imide groups is 1. The Morgan fingerprint density at radius 1 is 1.13 bits per heavy atom. The van der Waals surface area contributed by atoms with Gasteiger partial charge in [0.25, 0.3) is 5.91 Å². The van der Waals surface area contributed by atoms with Gasteiger partial charge in [0.1, 0.15) is 6.04 Å². The first-order chi connectivity index (χ1) is 14.5. The van der Waals surface area contributed by atoms with Crippen LogP contribution >= 0.6 is 11.8 Å². The van der Waals surface area contributed by atoms with Gasteiger partial charge in [-0.15, -0.1) is 11.8 Å². The molecule has 3 amide bonds. The quantitative estimate of drug-likeness (QED) is 0.317. The number of carbonyl (C=O) groups excluding carboxylic acids is 3. The number of likely N-dealkylation sites (N-methyl/N-ethyl adjacent to an activating group) is 1. The van der Waals surface area contributed by atoms with E-state index in [2.05, 4.69) is 10.2 Å². The summed E-state index contributed by atoms with van der Waals surface area (Å²) in [5.41, 5.74) is 1.59. The monoisotopic (exact) mass is 435 g/mol. The van der Waals surface area contributed by atoms with Gasteiger partial charge in [-0.2, -0.15) is 0 Å². The van der Waals surface area contributed by atoms with Gasteiger partial charge in [-0.05, 0) is 38.2 Å². The predicted molar refractivity (Wildman–Crippen MR) is 113 cm³/mol. The van der Waals surface area contributed by atoms with Crippen molar-refractivity contribution in [1.82, 2.24) is 15.1 Å². The average Bonchev–Trinajstić information content (AvgIpc) is 3.04. The first-order valence-electron chi connectivity index (χ1n) is 10.2. The summed E-state index contributed by atoms with van der Waals surface area (Å²) in [5.74, 6) is -0.0450. The number of hydrogen-bond acceptors (Lipinski definition) is 7. The molecule has 0 radical (unpaired) electrons. The molecule has 0 saturated carbocycles. The summed E-state index contributed by atoms with van der Waals surface area (Å²) in [4.78, 5) is 41.1. The molecule has 2 aliphatic rings. The highest BCUT2D eigenvalue weighted by Crippen LogP contribution is 2.34. The fraction of sp³-hybridized carbons (Fsp3) is 0.571. The van der Waals surface area contributed by atoms with Crippen molar-refractivity contribution in [3.63, 3.8) is 0 Å². The molecule has 1 atom stereocenters. The molecule has 0 bridgehead atoms. The lowest BCUT2D eigenvalue weighted by molar-refractivity contribution is -0.136. The zero-order valence-corrected chi connectivity index (χ0v) is 18.3. The zero-order chi connectivity index (χ0) is 21.5. The number of nitrogens with zero attached hydrogens (tertiary/aromatic N) is 2. The maximum absolute atomic E-state index is 12.8. The highest BCUT2D eigenvalue weighted by atomic mass is 32.2. The summed E-state index contributed by atoms with van der Waals surface area (Å²) in [6.45, 7) is 3.71. The maximum atomic E-state index is 12.8. The van der Waals surface area contributed by atoms with Gasteiger partial charge in [-0.1, -0.05) is 6.07 Å². The van der Waals surface area contributed by atoms with Crippen molar-refractivity contribution in [3.05, 3.63) is 29.3 Å². The third kappa shape index (κ3) is 5.81. The molecular weight excluding hydrogens is 406 g/mol. The van der Waals surface area contributed by atoms with Crippen molar-refractivity contribution in [2.45, 2.75) is 30.3 Å². The van der Waals surface area contributed by atoms with Gasteiger partial charge in [0.15, 0.2) is 0 Å². The Morgan fingerprint density at radius 2 is 1.90 bits per heavy atom. The summed E-state index contributed by atoms with van der Waals surface area (Å²) in [6, 6.07) is 5.08. The largest absolute Gasteiger partial charge is 0.378 e. The van der Waals surface area contributed by atoms with Crippen LogP contribution in [0.1, 0.15) is 28.8 Å². The second kappa shape index (κ2) is 10.9. The van der Waals surface area contributed by atoms with Crippen LogP contribution in [0.25, 0.3) is 0 Å². The van der Waals surface area contributed by atoms with Crippen LogP contribution < -0.4 is 5.32 Å². The smallest absolute Gasteiger partial charge is 0.255 e. The van der Waals surface area contributed by atoms with E-state index in [1.807, 2.05) is 26.2 Å². The number of amides is 3. The van der Waals surface area contributed by atoms with Crippen molar-refractivity contribution in [2.24, 2.45) is 0 Å². The summed E-state index contributed by atoms with van der Waals surface area (Å²) >= 11 is 1.64. The van der Waals surface area contributed by atoms with E-state index in [-0.39, 0.29) is 24.1 Å². The lowest BCUT2D eigenvalue weighted by atomic mass is 10.0. The van der Waals surface area contributed by atoms with Gasteiger partial charge < -0.3 is 19.3 Å². The van der Waals surface area contributed by atoms with Gasteiger partial charge in [0, 0.05) is 35.7 Å². The molecule has 0 spiro atoms. The molecule has 1 N–H and O–H groups in total. The van der Waals surface area contributed by atoms with Gasteiger partial charge >= 0.3 is 0 Å². The third-order valence-electron chi connectivity index (χ3n) is 5.08. The Labute approximate surface area is 181 Å². The molecule has 30 heavy (non-hydrogen) atoms. The Hall–Kier alpha value is -1.94. The lowest BCUT2D eigenvalue weighted by Crippen LogP contribution is -2.52. The normalized spacial score (nSPS) is 18.8. The van der Waals surface area contributed by atoms with Gasteiger partial charge in [-0.25, -0.2) is 0 Å². The SMILES string of the molecule is CN(C)CCOCCOCCSc1cccc2c1CN(C1CCC(=O)NC1=O)C2=O. The fourth-order valence-electron chi connectivity index (χ4n) is 3.47. The molecule has 3 rings (SSSR count). The topological polar surface area (TPSA) is 88.2 Å². The number of piperidine rings is 1. The molecule has 9 heteroatoms. The molecule has 8 nitrogen and oxygen atoms in total. The molecule has 2 aliphatic heterocycles. The third-order valence-corrected chi connectivity index (χ3v) is 6.14. The van der Waals surface area contributed by atoms with E-state index in [4.69, 9.17) is 9.47 Å². The highest BCUT2D eigenvalue weighted by molar-refractivity contribution is 7.99. The number of fused-ring (bicyclic) bond motifs is 1. The van der Waals surface area contributed by atoms with E-state index in [0.29, 0.717) is 45.0 Å². The van der Waals surface area contributed by atoms with Gasteiger partial charge in [-0.3, -0.25) is 19.7 Å². The molecule has 0 aromatic heterocycles. The van der Waals surface area contributed by atoms with Crippen LogP contribution in [0.3, 0.4) is 0 Å². The number of hydrogen-bond donors (Lipinski definition) is 1. The van der Waals surface area contributed by atoms with Crippen molar-refractivity contribution in [3.8, 4) is 0 Å². The highest BCUT2D eigenvalue weighted by Gasteiger charge is 2.39. The molecule has 0 aliphatic carbocycles. The summed E-state index contributed by atoms with van der Waals surface area (Å²) in [7, 11) is 4.02. The van der Waals surface area contributed by atoms with Crippen LogP contribution in [0.4, 0.5) is 0 Å². The Balaban J connectivity index is 1.46. The number of benzene rings is 1. The van der Waals surface area contributed by atoms with E-state index in [1.165, 1.54) is 0 Å². The molecule has 1 unspecified atom stereocenters. The minimum atomic E-state index is -0.587. The van der Waals surface area contributed by atoms with Crippen LogP contribution in [-0.2, 0) is 25.6 Å². The van der Waals surface area contributed by atoms with Crippen LogP contribution in [0, 0.1) is 0 Å². The van der Waals surface area contributed by atoms with Gasteiger partial charge in [0.05, 0.1) is 26.4 Å². The standard InChI is InChI=1S/C21H29N3O5S/c1-23(2)8-9-28-10-11-29-12-13-30-18-5-3-4-15-16(18)14-24(21(15)27)17-6-7-19(25)22-20(17)26/h3-5,17H,6-14H2,1-2H3,(H,22,25,26). The first-order valence-corrected chi connectivity index (χ1v) is 11.2. The molecule has 1 fully saturated rings. The van der Waals surface area contributed by atoms with E-state index in [9.17, 15) is 14.4 Å². The Morgan fingerprint density at radius 3 is 2.63 bits per heavy atom. The Bertz CT molecular complexity index is 786. The fourth-order valence-corrected chi connectivity index (χ4v) is 4.42. The molecule has 164 valence electrons. The maximum Gasteiger partial charge on any atom is 0.255 e. The van der Waals surface area contributed by atoms with Crippen molar-refractivity contribution < 1.29 is 23.9 Å². The number of thioether (sulfide) groups is 1. The number of ether oxygens (including phenoxy) is 2. The van der Waals surface area contributed by atoms with E-state index >= 15 is 0 Å². The Kier molecular flexibility index (Phi) is 8.26. The van der Waals surface area contributed by atoms with Crippen LogP contribution in [-0.4, -0.2) is 86.4 Å². The zero-order valence-electron chi connectivity index (χ0n) is 17.5. The van der Waals surface area contributed by atoms with E-state index in [1.54, 1.807) is 22.7 Å². The molecular formula is C21H29N3O5S. The second-order valence-electron chi connectivity index (χ2n) is 7.56. The van der Waals surface area contributed by atoms with Crippen LogP contribution in [0.15, 0.2) is 23.1 Å². The van der Waals surface area contributed by atoms with E-state index < -0.39 is 6.04 Å². The van der Waals surface area contributed by atoms with Crippen molar-refractivity contribution >= 4 is 29.5 Å². The molecule has 1 saturated heterocycles. The van der Waals surface area contributed by atoms with E-state index in [0.717, 1.165) is 22.8 Å². The summed E-state index contributed by atoms with van der Waals surface area (Å²) < 4.78 is 11.1. The van der Waals surface area contributed by atoms with Crippen LogP contribution in [0.5, 0.6) is 0 Å². The number of rotatable bonds is 11. The predicted octanol–water partition coefficient (Wildman–Crippen LogP) is 1.13. The van der Waals surface area contributed by atoms with Crippen molar-refractivity contribution in [1.29, 1.82) is 0 Å². The summed E-state index contributed by atoms with van der Waals surface area (Å²) in [6.07, 6.45) is 0.631. The van der Waals surface area contributed by atoms with Crippen molar-refractivity contribution in [2.75, 3.05) is 52.8 Å². The minimum Gasteiger partial charge on any atom is -0.378 e. The summed E-state index contributed by atoms with van der Waals surface area (Å²) in [5, 5.41) is 2.33. The first kappa shape index (κ1) is 22.7. The molecule has 1 aromatic rings. The lowest BCUT2D eigenvalue weighted by Gasteiger charge is -2.29. The number of carbonyl (C=O) groups is 3. The molecule has 2 heterocycles. The average molecular weight is 436 g/mol. The van der Waals surface area contributed by atoms with Gasteiger partial charge in [0.2, 0.25) is 11.8 Å². The molecule has 1 aromatic carbocycles. The number of nitrogens with one attached hydrogen (secondary N) is 1. The van der Waals surface area contributed by atoms with Crippen LogP contribution in [0.2, 0.25) is 0 Å².